The molecule has 18 heavy (non-hydrogen) atoms. The summed E-state index contributed by atoms with van der Waals surface area (Å²) >= 11 is 0. The summed E-state index contributed by atoms with van der Waals surface area (Å²) in [7, 11) is 1.78. The summed E-state index contributed by atoms with van der Waals surface area (Å²) < 4.78 is 0. The van der Waals surface area contributed by atoms with Crippen molar-refractivity contribution in [3.63, 3.8) is 0 Å². The van der Waals surface area contributed by atoms with Gasteiger partial charge in [0, 0.05) is 19.5 Å². The van der Waals surface area contributed by atoms with Crippen LogP contribution in [0.4, 0.5) is 0 Å². The molecule has 3 atom stereocenters. The minimum Gasteiger partial charge on any atom is -0.481 e. The van der Waals surface area contributed by atoms with Crippen molar-refractivity contribution in [2.24, 2.45) is 11.7 Å². The van der Waals surface area contributed by atoms with Crippen LogP contribution in [-0.4, -0.2) is 41.0 Å². The fourth-order valence-electron chi connectivity index (χ4n) is 2.60. The van der Waals surface area contributed by atoms with Gasteiger partial charge in [-0.25, -0.2) is 0 Å². The van der Waals surface area contributed by atoms with E-state index in [1.807, 2.05) is 0 Å². The molecule has 0 aromatic carbocycles. The smallest absolute Gasteiger partial charge is 0.303 e. The number of nitrogens with two attached hydrogens (primary N) is 1. The standard InChI is InChI=1S/C13H24N2O3/c1-9-4-3-5-10(8-9)15(2)13(18)11(14)6-7-12(16)17/h9-11H,3-8,14H2,1-2H3,(H,16,17). The zero-order valence-corrected chi connectivity index (χ0v) is 11.3. The van der Waals surface area contributed by atoms with E-state index in [4.69, 9.17) is 10.8 Å². The lowest BCUT2D eigenvalue weighted by Crippen LogP contribution is -2.47. The number of carbonyl (C=O) groups excluding carboxylic acids is 1. The average Bonchev–Trinajstić information content (AvgIpc) is 2.34. The van der Waals surface area contributed by atoms with Gasteiger partial charge in [0.1, 0.15) is 0 Å². The molecular weight excluding hydrogens is 232 g/mol. The van der Waals surface area contributed by atoms with Gasteiger partial charge in [0.2, 0.25) is 5.91 Å². The maximum atomic E-state index is 12.1. The first-order valence-electron chi connectivity index (χ1n) is 6.66. The molecule has 104 valence electrons. The molecule has 1 rings (SSSR count). The summed E-state index contributed by atoms with van der Waals surface area (Å²) in [6.07, 6.45) is 4.58. The van der Waals surface area contributed by atoms with Gasteiger partial charge in [-0.15, -0.1) is 0 Å². The molecule has 0 aliphatic heterocycles. The molecule has 1 amide bonds. The van der Waals surface area contributed by atoms with Crippen molar-refractivity contribution in [3.8, 4) is 0 Å². The molecule has 1 saturated carbocycles. The SMILES string of the molecule is CC1CCCC(N(C)C(=O)C(N)CCC(=O)O)C1. The molecule has 0 aromatic rings. The fraction of sp³-hybridized carbons (Fsp3) is 0.846. The summed E-state index contributed by atoms with van der Waals surface area (Å²) in [6.45, 7) is 2.20. The number of carboxylic acid groups (broad SMARTS) is 1. The highest BCUT2D eigenvalue weighted by Crippen LogP contribution is 2.26. The lowest BCUT2D eigenvalue weighted by Gasteiger charge is -2.35. The van der Waals surface area contributed by atoms with E-state index >= 15 is 0 Å². The third kappa shape index (κ3) is 4.29. The second kappa shape index (κ2) is 6.73. The van der Waals surface area contributed by atoms with Gasteiger partial charge in [-0.3, -0.25) is 9.59 Å². The Hall–Kier alpha value is -1.10. The molecule has 1 fully saturated rings. The number of carboxylic acids is 1. The van der Waals surface area contributed by atoms with Crippen LogP contribution in [0.1, 0.15) is 45.4 Å². The molecule has 3 N–H and O–H groups in total. The number of nitrogens with zero attached hydrogens (tertiary/aromatic N) is 1. The lowest BCUT2D eigenvalue weighted by atomic mass is 9.86. The van der Waals surface area contributed by atoms with Gasteiger partial charge in [0.05, 0.1) is 6.04 Å². The highest BCUT2D eigenvalue weighted by Gasteiger charge is 2.28. The van der Waals surface area contributed by atoms with Crippen LogP contribution in [0.15, 0.2) is 0 Å². The Balaban J connectivity index is 2.46. The van der Waals surface area contributed by atoms with E-state index in [-0.39, 0.29) is 24.8 Å². The number of rotatable bonds is 5. The predicted molar refractivity (Wildman–Crippen MR) is 69.0 cm³/mol. The Kier molecular flexibility index (Phi) is 5.59. The Bertz CT molecular complexity index is 307. The third-order valence-electron chi connectivity index (χ3n) is 3.79. The minimum atomic E-state index is -0.910. The van der Waals surface area contributed by atoms with Crippen molar-refractivity contribution in [1.82, 2.24) is 4.90 Å². The largest absolute Gasteiger partial charge is 0.481 e. The first-order chi connectivity index (χ1) is 8.41. The predicted octanol–water partition coefficient (Wildman–Crippen LogP) is 1.22. The summed E-state index contributed by atoms with van der Waals surface area (Å²) in [4.78, 5) is 24.3. The number of likely N-dealkylation sites (N-methyl/N-ethyl adjacent to an activating group) is 1. The van der Waals surface area contributed by atoms with Crippen molar-refractivity contribution in [2.75, 3.05) is 7.05 Å². The van der Waals surface area contributed by atoms with E-state index in [1.165, 1.54) is 6.42 Å². The molecule has 1 aliphatic rings. The zero-order valence-electron chi connectivity index (χ0n) is 11.3. The topological polar surface area (TPSA) is 83.6 Å². The number of hydrogen-bond acceptors (Lipinski definition) is 3. The van der Waals surface area contributed by atoms with Crippen LogP contribution < -0.4 is 5.73 Å². The second-order valence-electron chi connectivity index (χ2n) is 5.41. The van der Waals surface area contributed by atoms with E-state index in [9.17, 15) is 9.59 Å². The van der Waals surface area contributed by atoms with Crippen molar-refractivity contribution in [3.05, 3.63) is 0 Å². The molecular formula is C13H24N2O3. The molecule has 0 aromatic heterocycles. The average molecular weight is 256 g/mol. The Labute approximate surface area is 108 Å². The monoisotopic (exact) mass is 256 g/mol. The highest BCUT2D eigenvalue weighted by molar-refractivity contribution is 5.82. The number of carbonyl (C=O) groups is 2. The fourth-order valence-corrected chi connectivity index (χ4v) is 2.60. The molecule has 5 heteroatoms. The Morgan fingerprint density at radius 1 is 1.44 bits per heavy atom. The van der Waals surface area contributed by atoms with E-state index in [0.717, 1.165) is 19.3 Å². The minimum absolute atomic E-state index is 0.0538. The van der Waals surface area contributed by atoms with Gasteiger partial charge in [0.25, 0.3) is 0 Å². The summed E-state index contributed by atoms with van der Waals surface area (Å²) in [6, 6.07) is -0.430. The quantitative estimate of drug-likeness (QED) is 0.774. The number of amides is 1. The molecule has 0 radical (unpaired) electrons. The van der Waals surface area contributed by atoms with Gasteiger partial charge in [0.15, 0.2) is 0 Å². The van der Waals surface area contributed by atoms with Crippen LogP contribution in [0.25, 0.3) is 0 Å². The van der Waals surface area contributed by atoms with Crippen LogP contribution in [-0.2, 0) is 9.59 Å². The summed E-state index contributed by atoms with van der Waals surface area (Å²) in [5, 5.41) is 8.59. The molecule has 0 spiro atoms. The Morgan fingerprint density at radius 2 is 2.11 bits per heavy atom. The number of aliphatic carboxylic acids is 1. The first-order valence-corrected chi connectivity index (χ1v) is 6.66. The van der Waals surface area contributed by atoms with Gasteiger partial charge in [-0.05, 0) is 25.2 Å². The highest BCUT2D eigenvalue weighted by atomic mass is 16.4. The van der Waals surface area contributed by atoms with E-state index < -0.39 is 12.0 Å². The maximum Gasteiger partial charge on any atom is 0.303 e. The first kappa shape index (κ1) is 15.0. The van der Waals surface area contributed by atoms with Crippen LogP contribution in [0.3, 0.4) is 0 Å². The molecule has 5 nitrogen and oxygen atoms in total. The van der Waals surface area contributed by atoms with Gasteiger partial charge < -0.3 is 15.7 Å². The van der Waals surface area contributed by atoms with Crippen molar-refractivity contribution < 1.29 is 14.7 Å². The molecule has 0 saturated heterocycles. The number of hydrogen-bond donors (Lipinski definition) is 2. The molecule has 3 unspecified atom stereocenters. The van der Waals surface area contributed by atoms with E-state index in [0.29, 0.717) is 5.92 Å². The maximum absolute atomic E-state index is 12.1. The third-order valence-corrected chi connectivity index (χ3v) is 3.79. The normalized spacial score (nSPS) is 25.5. The van der Waals surface area contributed by atoms with Crippen molar-refractivity contribution >= 4 is 11.9 Å². The van der Waals surface area contributed by atoms with Crippen LogP contribution in [0.2, 0.25) is 0 Å². The van der Waals surface area contributed by atoms with Crippen molar-refractivity contribution in [2.45, 2.75) is 57.5 Å². The van der Waals surface area contributed by atoms with Crippen molar-refractivity contribution in [1.29, 1.82) is 0 Å². The van der Waals surface area contributed by atoms with E-state index in [1.54, 1.807) is 11.9 Å². The summed E-state index contributed by atoms with van der Waals surface area (Å²) in [5.74, 6) is -0.392. The van der Waals surface area contributed by atoms with Crippen LogP contribution in [0, 0.1) is 5.92 Å². The molecule has 0 heterocycles. The zero-order chi connectivity index (χ0) is 13.7. The van der Waals surface area contributed by atoms with E-state index in [2.05, 4.69) is 6.92 Å². The van der Waals surface area contributed by atoms with Crippen LogP contribution >= 0.6 is 0 Å². The Morgan fingerprint density at radius 3 is 2.67 bits per heavy atom. The van der Waals surface area contributed by atoms with Gasteiger partial charge in [-0.2, -0.15) is 0 Å². The summed E-state index contributed by atoms with van der Waals surface area (Å²) in [5.41, 5.74) is 5.75. The molecule has 0 bridgehead atoms. The molecule has 1 aliphatic carbocycles. The lowest BCUT2D eigenvalue weighted by molar-refractivity contribution is -0.138. The van der Waals surface area contributed by atoms with Crippen LogP contribution in [0.5, 0.6) is 0 Å². The second-order valence-corrected chi connectivity index (χ2v) is 5.41. The van der Waals surface area contributed by atoms with Gasteiger partial charge >= 0.3 is 5.97 Å². The van der Waals surface area contributed by atoms with Gasteiger partial charge in [-0.1, -0.05) is 19.8 Å².